The molecule has 1 N–H and O–H groups in total. The Bertz CT molecular complexity index is 546. The molecule has 1 aromatic carbocycles. The fourth-order valence-electron chi connectivity index (χ4n) is 1.73. The molecule has 0 radical (unpaired) electrons. The van der Waals surface area contributed by atoms with Crippen LogP contribution >= 0.6 is 11.6 Å². The van der Waals surface area contributed by atoms with E-state index in [1.54, 1.807) is 12.1 Å². The second kappa shape index (κ2) is 6.43. The molecule has 1 amide bonds. The number of alkyl halides is 1. The van der Waals surface area contributed by atoms with Gasteiger partial charge in [0.1, 0.15) is 5.76 Å². The summed E-state index contributed by atoms with van der Waals surface area (Å²) in [4.78, 5) is 11.8. The van der Waals surface area contributed by atoms with Crippen molar-refractivity contribution in [2.45, 2.75) is 19.2 Å². The highest BCUT2D eigenvalue weighted by Gasteiger charge is 2.09. The molecule has 4 heteroatoms. The monoisotopic (exact) mass is 277 g/mol. The number of halogens is 1. The van der Waals surface area contributed by atoms with Crippen molar-refractivity contribution in [2.75, 3.05) is 6.54 Å². The number of carbonyl (C=O) groups is 1. The molecule has 0 fully saturated rings. The second-order valence-electron chi connectivity index (χ2n) is 4.39. The molecule has 0 atom stereocenters. The van der Waals surface area contributed by atoms with E-state index in [4.69, 9.17) is 16.0 Å². The summed E-state index contributed by atoms with van der Waals surface area (Å²) in [5.74, 6) is 0.977. The van der Waals surface area contributed by atoms with Crippen molar-refractivity contribution in [3.8, 4) is 0 Å². The van der Waals surface area contributed by atoms with Gasteiger partial charge in [0.25, 0.3) is 5.91 Å². The Morgan fingerprint density at radius 1 is 1.21 bits per heavy atom. The molecule has 2 aromatic rings. The second-order valence-corrected chi connectivity index (χ2v) is 4.66. The fraction of sp³-hybridized carbons (Fsp3) is 0.267. The normalized spacial score (nSPS) is 10.4. The van der Waals surface area contributed by atoms with Crippen LogP contribution in [-0.2, 0) is 12.3 Å². The summed E-state index contributed by atoms with van der Waals surface area (Å²) in [6.45, 7) is 2.63. The number of benzene rings is 1. The van der Waals surface area contributed by atoms with Gasteiger partial charge in [0, 0.05) is 6.54 Å². The fourth-order valence-corrected chi connectivity index (χ4v) is 1.88. The summed E-state index contributed by atoms with van der Waals surface area (Å²) in [6, 6.07) is 11.6. The topological polar surface area (TPSA) is 42.2 Å². The molecule has 0 aliphatic carbocycles. The van der Waals surface area contributed by atoms with Crippen molar-refractivity contribution in [3.05, 3.63) is 59.0 Å². The van der Waals surface area contributed by atoms with Crippen LogP contribution in [0.2, 0.25) is 0 Å². The molecule has 0 spiro atoms. The van der Waals surface area contributed by atoms with Gasteiger partial charge in [0.15, 0.2) is 5.76 Å². The lowest BCUT2D eigenvalue weighted by molar-refractivity contribution is 0.0925. The number of amides is 1. The molecule has 1 aromatic heterocycles. The molecule has 0 unspecified atom stereocenters. The SMILES string of the molecule is Cc1ccc(CCNC(=O)c2ccc(CCl)o2)cc1. The van der Waals surface area contributed by atoms with Gasteiger partial charge in [-0.25, -0.2) is 0 Å². The Morgan fingerprint density at radius 3 is 2.58 bits per heavy atom. The molecular weight excluding hydrogens is 262 g/mol. The van der Waals surface area contributed by atoms with Gasteiger partial charge in [-0.1, -0.05) is 29.8 Å². The van der Waals surface area contributed by atoms with Crippen LogP contribution < -0.4 is 5.32 Å². The molecule has 2 rings (SSSR count). The Labute approximate surface area is 117 Å². The maximum Gasteiger partial charge on any atom is 0.287 e. The lowest BCUT2D eigenvalue weighted by Crippen LogP contribution is -2.25. The summed E-state index contributed by atoms with van der Waals surface area (Å²) >= 11 is 5.62. The maximum absolute atomic E-state index is 11.8. The average Bonchev–Trinajstić information content (AvgIpc) is 2.90. The van der Waals surface area contributed by atoms with Gasteiger partial charge in [-0.05, 0) is 31.0 Å². The minimum absolute atomic E-state index is 0.205. The van der Waals surface area contributed by atoms with E-state index in [0.29, 0.717) is 18.1 Å². The summed E-state index contributed by atoms with van der Waals surface area (Å²) in [5.41, 5.74) is 2.43. The molecule has 1 heterocycles. The molecule has 0 saturated carbocycles. The van der Waals surface area contributed by atoms with E-state index >= 15 is 0 Å². The largest absolute Gasteiger partial charge is 0.455 e. The van der Waals surface area contributed by atoms with Gasteiger partial charge in [0.05, 0.1) is 5.88 Å². The molecule has 100 valence electrons. The Kier molecular flexibility index (Phi) is 4.63. The summed E-state index contributed by atoms with van der Waals surface area (Å²) in [5, 5.41) is 2.82. The third-order valence-electron chi connectivity index (χ3n) is 2.84. The van der Waals surface area contributed by atoms with Gasteiger partial charge in [-0.15, -0.1) is 11.6 Å². The highest BCUT2D eigenvalue weighted by atomic mass is 35.5. The van der Waals surface area contributed by atoms with Crippen LogP contribution in [0.4, 0.5) is 0 Å². The quantitative estimate of drug-likeness (QED) is 0.852. The van der Waals surface area contributed by atoms with Crippen molar-refractivity contribution >= 4 is 17.5 Å². The Hall–Kier alpha value is -1.74. The van der Waals surface area contributed by atoms with Crippen molar-refractivity contribution in [3.63, 3.8) is 0 Å². The zero-order chi connectivity index (χ0) is 13.7. The number of nitrogens with one attached hydrogen (secondary N) is 1. The molecule has 0 aliphatic rings. The van der Waals surface area contributed by atoms with Gasteiger partial charge in [0.2, 0.25) is 0 Å². The predicted octanol–water partition coefficient (Wildman–Crippen LogP) is 3.30. The average molecular weight is 278 g/mol. The number of furan rings is 1. The van der Waals surface area contributed by atoms with Crippen LogP contribution in [0.1, 0.15) is 27.4 Å². The standard InChI is InChI=1S/C15H16ClNO2/c1-11-2-4-12(5-3-11)8-9-17-15(18)14-7-6-13(10-16)19-14/h2-7H,8-10H2,1H3,(H,17,18). The minimum Gasteiger partial charge on any atom is -0.455 e. The van der Waals surface area contributed by atoms with Crippen molar-refractivity contribution < 1.29 is 9.21 Å². The number of hydrogen-bond donors (Lipinski definition) is 1. The first kappa shape index (κ1) is 13.7. The third kappa shape index (κ3) is 3.86. The van der Waals surface area contributed by atoms with E-state index < -0.39 is 0 Å². The maximum atomic E-state index is 11.8. The van der Waals surface area contributed by atoms with Gasteiger partial charge in [-0.2, -0.15) is 0 Å². The van der Waals surface area contributed by atoms with Crippen LogP contribution in [0.3, 0.4) is 0 Å². The highest BCUT2D eigenvalue weighted by molar-refractivity contribution is 6.16. The summed E-state index contributed by atoms with van der Waals surface area (Å²) in [7, 11) is 0. The van der Waals surface area contributed by atoms with E-state index in [1.807, 2.05) is 0 Å². The number of carbonyl (C=O) groups excluding carboxylic acids is 1. The van der Waals surface area contributed by atoms with Gasteiger partial charge in [-0.3, -0.25) is 4.79 Å². The van der Waals surface area contributed by atoms with Crippen molar-refractivity contribution in [1.29, 1.82) is 0 Å². The van der Waals surface area contributed by atoms with E-state index in [0.717, 1.165) is 6.42 Å². The molecule has 0 bridgehead atoms. The predicted molar refractivity (Wildman–Crippen MR) is 75.5 cm³/mol. The van der Waals surface area contributed by atoms with E-state index in [1.165, 1.54) is 11.1 Å². The van der Waals surface area contributed by atoms with Crippen molar-refractivity contribution in [1.82, 2.24) is 5.32 Å². The van der Waals surface area contributed by atoms with Gasteiger partial charge < -0.3 is 9.73 Å². The smallest absolute Gasteiger partial charge is 0.287 e. The van der Waals surface area contributed by atoms with Crippen LogP contribution in [0, 0.1) is 6.92 Å². The summed E-state index contributed by atoms with van der Waals surface area (Å²) in [6.07, 6.45) is 0.801. The van der Waals surface area contributed by atoms with Crippen molar-refractivity contribution in [2.24, 2.45) is 0 Å². The van der Waals surface area contributed by atoms with E-state index in [2.05, 4.69) is 36.5 Å². The first-order chi connectivity index (χ1) is 9.19. The minimum atomic E-state index is -0.205. The third-order valence-corrected chi connectivity index (χ3v) is 3.10. The lowest BCUT2D eigenvalue weighted by atomic mass is 10.1. The van der Waals surface area contributed by atoms with Crippen LogP contribution in [0.5, 0.6) is 0 Å². The van der Waals surface area contributed by atoms with E-state index in [-0.39, 0.29) is 11.8 Å². The lowest BCUT2D eigenvalue weighted by Gasteiger charge is -2.04. The van der Waals surface area contributed by atoms with Crippen LogP contribution in [0.15, 0.2) is 40.8 Å². The summed E-state index contributed by atoms with van der Waals surface area (Å²) < 4.78 is 5.27. The first-order valence-electron chi connectivity index (χ1n) is 6.17. The zero-order valence-electron chi connectivity index (χ0n) is 10.8. The number of rotatable bonds is 5. The Morgan fingerprint density at radius 2 is 1.95 bits per heavy atom. The van der Waals surface area contributed by atoms with Crippen LogP contribution in [0.25, 0.3) is 0 Å². The molecule has 0 saturated heterocycles. The Balaban J connectivity index is 1.82. The zero-order valence-corrected chi connectivity index (χ0v) is 11.5. The molecule has 3 nitrogen and oxygen atoms in total. The highest BCUT2D eigenvalue weighted by Crippen LogP contribution is 2.10. The number of aryl methyl sites for hydroxylation is 1. The number of hydrogen-bond acceptors (Lipinski definition) is 2. The molecular formula is C15H16ClNO2. The van der Waals surface area contributed by atoms with Crippen LogP contribution in [-0.4, -0.2) is 12.5 Å². The molecule has 19 heavy (non-hydrogen) atoms. The first-order valence-corrected chi connectivity index (χ1v) is 6.71. The van der Waals surface area contributed by atoms with E-state index in [9.17, 15) is 4.79 Å². The molecule has 0 aliphatic heterocycles. The van der Waals surface area contributed by atoms with Gasteiger partial charge >= 0.3 is 0 Å².